The third-order valence-electron chi connectivity index (χ3n) is 2.33. The number of amides is 2. The first-order valence-corrected chi connectivity index (χ1v) is 5.97. The number of halogens is 1. The van der Waals surface area contributed by atoms with Gasteiger partial charge in [-0.3, -0.25) is 0 Å². The SMILES string of the molecule is N#Cc1ccc(Cl)c(NC(=O)NCC[C@H](O)C(=O)O)c1. The zero-order valence-electron chi connectivity index (χ0n) is 10.3. The van der Waals surface area contributed by atoms with E-state index in [0.29, 0.717) is 5.56 Å². The summed E-state index contributed by atoms with van der Waals surface area (Å²) in [6.07, 6.45) is -1.64. The van der Waals surface area contributed by atoms with E-state index in [-0.39, 0.29) is 23.7 Å². The number of carbonyl (C=O) groups excluding carboxylic acids is 1. The van der Waals surface area contributed by atoms with Gasteiger partial charge in [-0.25, -0.2) is 9.59 Å². The van der Waals surface area contributed by atoms with E-state index in [4.69, 9.17) is 27.1 Å². The number of aliphatic carboxylic acids is 1. The summed E-state index contributed by atoms with van der Waals surface area (Å²) in [7, 11) is 0. The van der Waals surface area contributed by atoms with Crippen molar-refractivity contribution in [1.29, 1.82) is 5.26 Å². The van der Waals surface area contributed by atoms with E-state index in [1.807, 2.05) is 6.07 Å². The Kier molecular flexibility index (Phi) is 5.77. The molecule has 0 saturated heterocycles. The molecule has 0 heterocycles. The summed E-state index contributed by atoms with van der Waals surface area (Å²) >= 11 is 5.85. The maximum absolute atomic E-state index is 11.5. The number of nitrogens with one attached hydrogen (secondary N) is 2. The maximum atomic E-state index is 11.5. The molecule has 0 saturated carbocycles. The van der Waals surface area contributed by atoms with E-state index >= 15 is 0 Å². The van der Waals surface area contributed by atoms with Crippen molar-refractivity contribution in [3.05, 3.63) is 28.8 Å². The van der Waals surface area contributed by atoms with Crippen LogP contribution in [0.3, 0.4) is 0 Å². The lowest BCUT2D eigenvalue weighted by Crippen LogP contribution is -2.33. The van der Waals surface area contributed by atoms with Gasteiger partial charge < -0.3 is 20.8 Å². The highest BCUT2D eigenvalue weighted by Crippen LogP contribution is 2.22. The molecule has 1 aromatic carbocycles. The quantitative estimate of drug-likeness (QED) is 0.649. The molecule has 0 radical (unpaired) electrons. The van der Waals surface area contributed by atoms with Gasteiger partial charge in [0.15, 0.2) is 6.10 Å². The predicted octanol–water partition coefficient (Wildman–Crippen LogP) is 1.17. The summed E-state index contributed by atoms with van der Waals surface area (Å²) in [6, 6.07) is 5.69. The van der Waals surface area contributed by atoms with Gasteiger partial charge in [0, 0.05) is 13.0 Å². The second kappa shape index (κ2) is 7.33. The van der Waals surface area contributed by atoms with E-state index in [1.165, 1.54) is 18.2 Å². The minimum Gasteiger partial charge on any atom is -0.479 e. The number of anilines is 1. The average Bonchev–Trinajstić information content (AvgIpc) is 2.41. The molecule has 0 bridgehead atoms. The van der Waals surface area contributed by atoms with Crippen molar-refractivity contribution in [3.8, 4) is 6.07 Å². The van der Waals surface area contributed by atoms with Gasteiger partial charge in [0.1, 0.15) is 0 Å². The number of carbonyl (C=O) groups is 2. The molecule has 0 spiro atoms. The highest BCUT2D eigenvalue weighted by Gasteiger charge is 2.13. The van der Waals surface area contributed by atoms with Gasteiger partial charge in [-0.1, -0.05) is 11.6 Å². The molecule has 0 aliphatic rings. The molecule has 20 heavy (non-hydrogen) atoms. The van der Waals surface area contributed by atoms with E-state index < -0.39 is 18.1 Å². The van der Waals surface area contributed by atoms with Crippen molar-refractivity contribution in [3.63, 3.8) is 0 Å². The van der Waals surface area contributed by atoms with E-state index in [9.17, 15) is 9.59 Å². The van der Waals surface area contributed by atoms with E-state index in [1.54, 1.807) is 0 Å². The number of urea groups is 1. The molecule has 0 unspecified atom stereocenters. The third-order valence-corrected chi connectivity index (χ3v) is 2.66. The van der Waals surface area contributed by atoms with Crippen LogP contribution in [0.1, 0.15) is 12.0 Å². The Morgan fingerprint density at radius 1 is 1.45 bits per heavy atom. The molecule has 7 nitrogen and oxygen atoms in total. The Morgan fingerprint density at radius 3 is 2.75 bits per heavy atom. The van der Waals surface area contributed by atoms with Crippen LogP contribution in [0.15, 0.2) is 18.2 Å². The number of aliphatic hydroxyl groups excluding tert-OH is 1. The largest absolute Gasteiger partial charge is 0.479 e. The number of benzene rings is 1. The number of hydrogen-bond acceptors (Lipinski definition) is 4. The lowest BCUT2D eigenvalue weighted by Gasteiger charge is -2.10. The van der Waals surface area contributed by atoms with Crippen LogP contribution in [0.4, 0.5) is 10.5 Å². The van der Waals surface area contributed by atoms with Gasteiger partial charge >= 0.3 is 12.0 Å². The van der Waals surface area contributed by atoms with E-state index in [0.717, 1.165) is 0 Å². The van der Waals surface area contributed by atoms with Crippen LogP contribution in [0.25, 0.3) is 0 Å². The van der Waals surface area contributed by atoms with Gasteiger partial charge in [0.25, 0.3) is 0 Å². The first-order chi connectivity index (χ1) is 9.43. The lowest BCUT2D eigenvalue weighted by atomic mass is 10.2. The van der Waals surface area contributed by atoms with E-state index in [2.05, 4.69) is 10.6 Å². The van der Waals surface area contributed by atoms with Crippen molar-refractivity contribution in [2.45, 2.75) is 12.5 Å². The number of hydrogen-bond donors (Lipinski definition) is 4. The number of rotatable bonds is 5. The molecular weight excluding hydrogens is 286 g/mol. The summed E-state index contributed by atoms with van der Waals surface area (Å²) < 4.78 is 0. The molecule has 4 N–H and O–H groups in total. The maximum Gasteiger partial charge on any atom is 0.332 e. The molecule has 1 aromatic rings. The highest BCUT2D eigenvalue weighted by atomic mass is 35.5. The Bertz CT molecular complexity index is 556. The summed E-state index contributed by atoms with van der Waals surface area (Å²) in [6.45, 7) is -0.0190. The fourth-order valence-corrected chi connectivity index (χ4v) is 1.47. The first kappa shape index (κ1) is 15.8. The number of carboxylic acids is 1. The van der Waals surface area contributed by atoms with Gasteiger partial charge in [0.2, 0.25) is 0 Å². The lowest BCUT2D eigenvalue weighted by molar-refractivity contribution is -0.146. The molecule has 0 aliphatic heterocycles. The van der Waals surface area contributed by atoms with Crippen LogP contribution < -0.4 is 10.6 Å². The van der Waals surface area contributed by atoms with Crippen LogP contribution in [-0.2, 0) is 4.79 Å². The second-order valence-corrected chi connectivity index (χ2v) is 4.24. The standard InChI is InChI=1S/C12H12ClN3O4/c13-8-2-1-7(6-14)5-9(8)16-12(20)15-4-3-10(17)11(18)19/h1-2,5,10,17H,3-4H2,(H,18,19)(H2,15,16,20)/t10-/m0/s1. The third kappa shape index (κ3) is 4.76. The van der Waals surface area contributed by atoms with Crippen molar-refractivity contribution < 1.29 is 19.8 Å². The molecule has 0 fully saturated rings. The van der Waals surface area contributed by atoms with Crippen LogP contribution in [0.5, 0.6) is 0 Å². The van der Waals surface area contributed by atoms with Crippen molar-refractivity contribution in [2.75, 3.05) is 11.9 Å². The highest BCUT2D eigenvalue weighted by molar-refractivity contribution is 6.33. The van der Waals surface area contributed by atoms with Crippen molar-refractivity contribution in [2.24, 2.45) is 0 Å². The molecular formula is C12H12ClN3O4. The van der Waals surface area contributed by atoms with Crippen LogP contribution in [0.2, 0.25) is 5.02 Å². The minimum absolute atomic E-state index is 0.0190. The fraction of sp³-hybridized carbons (Fsp3) is 0.250. The average molecular weight is 298 g/mol. The topological polar surface area (TPSA) is 122 Å². The van der Waals surface area contributed by atoms with Crippen molar-refractivity contribution >= 4 is 29.3 Å². The van der Waals surface area contributed by atoms with Gasteiger partial charge in [-0.2, -0.15) is 5.26 Å². The molecule has 1 rings (SSSR count). The van der Waals surface area contributed by atoms with Crippen LogP contribution in [0, 0.1) is 11.3 Å². The number of aliphatic hydroxyl groups is 1. The zero-order chi connectivity index (χ0) is 15.1. The Morgan fingerprint density at radius 2 is 2.15 bits per heavy atom. The number of nitrogens with zero attached hydrogens (tertiary/aromatic N) is 1. The first-order valence-electron chi connectivity index (χ1n) is 5.59. The molecule has 1 atom stereocenters. The minimum atomic E-state index is -1.53. The van der Waals surface area contributed by atoms with Gasteiger partial charge in [0.05, 0.1) is 22.3 Å². The van der Waals surface area contributed by atoms with Crippen molar-refractivity contribution in [1.82, 2.24) is 5.32 Å². The van der Waals surface area contributed by atoms with Gasteiger partial charge in [-0.05, 0) is 18.2 Å². The van der Waals surface area contributed by atoms with Gasteiger partial charge in [-0.15, -0.1) is 0 Å². The smallest absolute Gasteiger partial charge is 0.332 e. The second-order valence-electron chi connectivity index (χ2n) is 3.83. The summed E-state index contributed by atoms with van der Waals surface area (Å²) in [5.41, 5.74) is 0.605. The van der Waals surface area contributed by atoms with Crippen LogP contribution in [-0.4, -0.2) is 34.9 Å². The Balaban J connectivity index is 2.51. The fourth-order valence-electron chi connectivity index (χ4n) is 1.30. The molecule has 0 aliphatic carbocycles. The Hall–Kier alpha value is -2.30. The summed E-state index contributed by atoms with van der Waals surface area (Å²) in [5.74, 6) is -1.35. The Labute approximate surface area is 119 Å². The molecule has 0 aromatic heterocycles. The number of carboxylic acid groups (broad SMARTS) is 1. The molecule has 8 heteroatoms. The monoisotopic (exact) mass is 297 g/mol. The molecule has 2 amide bonds. The number of nitriles is 1. The normalized spacial score (nSPS) is 11.2. The predicted molar refractivity (Wildman–Crippen MR) is 71.4 cm³/mol. The summed E-state index contributed by atoms with van der Waals surface area (Å²) in [5, 5.41) is 31.3. The zero-order valence-corrected chi connectivity index (χ0v) is 11.0. The molecule has 106 valence electrons. The van der Waals surface area contributed by atoms with Crippen LogP contribution >= 0.6 is 11.6 Å². The summed E-state index contributed by atoms with van der Waals surface area (Å²) in [4.78, 5) is 21.9.